The minimum Gasteiger partial charge on any atom is -0.357 e. The topological polar surface area (TPSA) is 55.8 Å². The molecule has 2 N–H and O–H groups in total. The number of pyridine rings is 1. The maximum absolute atomic E-state index is 4.82. The number of hydrogen-bond acceptors (Lipinski definition) is 4. The molecule has 0 radical (unpaired) electrons. The first-order valence-corrected chi connectivity index (χ1v) is 10.1. The van der Waals surface area contributed by atoms with Crippen molar-refractivity contribution in [3.05, 3.63) is 59.3 Å². The zero-order valence-corrected chi connectivity index (χ0v) is 17.3. The van der Waals surface area contributed by atoms with Crippen LogP contribution < -0.4 is 15.5 Å². The van der Waals surface area contributed by atoms with Crippen molar-refractivity contribution in [1.82, 2.24) is 20.5 Å². The molecule has 2 heterocycles. The van der Waals surface area contributed by atoms with E-state index in [2.05, 4.69) is 76.6 Å². The number of aromatic nitrogens is 1. The molecular weight excluding hydrogens is 348 g/mol. The van der Waals surface area contributed by atoms with Gasteiger partial charge in [-0.05, 0) is 38.1 Å². The lowest BCUT2D eigenvalue weighted by Crippen LogP contribution is -2.45. The molecule has 1 aromatic heterocycles. The fraction of sp³-hybridized carbons (Fsp3) is 0.455. The molecule has 0 saturated carbocycles. The van der Waals surface area contributed by atoms with Crippen molar-refractivity contribution in [3.63, 3.8) is 0 Å². The smallest absolute Gasteiger partial charge is 0.191 e. The van der Waals surface area contributed by atoms with E-state index in [1.165, 1.54) is 16.7 Å². The van der Waals surface area contributed by atoms with E-state index in [0.29, 0.717) is 6.54 Å². The molecule has 0 amide bonds. The first-order valence-electron chi connectivity index (χ1n) is 10.1. The van der Waals surface area contributed by atoms with Crippen LogP contribution in [-0.2, 0) is 13.1 Å². The molecule has 0 atom stereocenters. The standard InChI is InChI=1S/C22H32N6/c1-4-23-22(25-16-19-9-6-5-8-18(19)2)26-17-20-10-7-11-24-21(20)28-14-12-27(3)13-15-28/h5-11H,4,12-17H2,1-3H3,(H2,23,25,26). The Kier molecular flexibility index (Phi) is 7.25. The highest BCUT2D eigenvalue weighted by Gasteiger charge is 2.17. The minimum atomic E-state index is 0.610. The van der Waals surface area contributed by atoms with Crippen LogP contribution in [0.2, 0.25) is 0 Å². The van der Waals surface area contributed by atoms with E-state index < -0.39 is 0 Å². The van der Waals surface area contributed by atoms with Crippen molar-refractivity contribution < 1.29 is 0 Å². The Bertz CT molecular complexity index is 780. The van der Waals surface area contributed by atoms with Crippen molar-refractivity contribution in [3.8, 4) is 0 Å². The SMILES string of the molecule is CCNC(=NCc1cccnc1N1CCN(C)CC1)NCc1ccccc1C. The van der Waals surface area contributed by atoms with Crippen molar-refractivity contribution >= 4 is 11.8 Å². The predicted molar refractivity (Wildman–Crippen MR) is 117 cm³/mol. The molecule has 6 nitrogen and oxygen atoms in total. The Morgan fingerprint density at radius 2 is 1.79 bits per heavy atom. The van der Waals surface area contributed by atoms with Crippen molar-refractivity contribution in [1.29, 1.82) is 0 Å². The van der Waals surface area contributed by atoms with Crippen LogP contribution in [0.3, 0.4) is 0 Å². The maximum atomic E-state index is 4.82. The predicted octanol–water partition coefficient (Wildman–Crippen LogP) is 2.40. The molecule has 3 rings (SSSR count). The lowest BCUT2D eigenvalue weighted by Gasteiger charge is -2.34. The third-order valence-corrected chi connectivity index (χ3v) is 5.13. The summed E-state index contributed by atoms with van der Waals surface area (Å²) in [5.74, 6) is 1.90. The first kappa shape index (κ1) is 20.1. The second-order valence-electron chi connectivity index (χ2n) is 7.25. The summed E-state index contributed by atoms with van der Waals surface area (Å²) >= 11 is 0. The molecule has 1 saturated heterocycles. The van der Waals surface area contributed by atoms with Crippen LogP contribution in [0.15, 0.2) is 47.6 Å². The van der Waals surface area contributed by atoms with E-state index in [1.807, 2.05) is 12.3 Å². The Labute approximate surface area is 168 Å². The van der Waals surface area contributed by atoms with Crippen LogP contribution in [0.1, 0.15) is 23.6 Å². The zero-order chi connectivity index (χ0) is 19.8. The van der Waals surface area contributed by atoms with Gasteiger partial charge < -0.3 is 20.4 Å². The summed E-state index contributed by atoms with van der Waals surface area (Å²) in [6, 6.07) is 12.6. The van der Waals surface area contributed by atoms with Crippen molar-refractivity contribution in [2.24, 2.45) is 4.99 Å². The first-order chi connectivity index (χ1) is 13.7. The fourth-order valence-electron chi connectivity index (χ4n) is 3.35. The van der Waals surface area contributed by atoms with Gasteiger partial charge in [-0.1, -0.05) is 30.3 Å². The average Bonchev–Trinajstić information content (AvgIpc) is 2.72. The highest BCUT2D eigenvalue weighted by molar-refractivity contribution is 5.79. The van der Waals surface area contributed by atoms with Crippen LogP contribution >= 0.6 is 0 Å². The summed E-state index contributed by atoms with van der Waals surface area (Å²) in [5.41, 5.74) is 3.74. The fourth-order valence-corrected chi connectivity index (χ4v) is 3.35. The normalized spacial score (nSPS) is 15.5. The number of benzene rings is 1. The van der Waals surface area contributed by atoms with E-state index in [9.17, 15) is 0 Å². The number of aliphatic imine (C=N–C) groups is 1. The molecule has 0 bridgehead atoms. The number of hydrogen-bond donors (Lipinski definition) is 2. The summed E-state index contributed by atoms with van der Waals surface area (Å²) in [7, 11) is 2.17. The number of nitrogens with one attached hydrogen (secondary N) is 2. The van der Waals surface area contributed by atoms with Gasteiger partial charge in [0.2, 0.25) is 0 Å². The van der Waals surface area contributed by atoms with Crippen LogP contribution in [-0.4, -0.2) is 55.6 Å². The van der Waals surface area contributed by atoms with Crippen LogP contribution in [0, 0.1) is 6.92 Å². The number of aryl methyl sites for hydroxylation is 1. The summed E-state index contributed by atoms with van der Waals surface area (Å²) in [6.07, 6.45) is 1.88. The van der Waals surface area contributed by atoms with Gasteiger partial charge in [-0.15, -0.1) is 0 Å². The third kappa shape index (κ3) is 5.45. The summed E-state index contributed by atoms with van der Waals surface area (Å²) in [4.78, 5) is 14.2. The van der Waals surface area contributed by atoms with Gasteiger partial charge in [0.25, 0.3) is 0 Å². The Morgan fingerprint density at radius 3 is 2.54 bits per heavy atom. The monoisotopic (exact) mass is 380 g/mol. The van der Waals surface area contributed by atoms with E-state index >= 15 is 0 Å². The van der Waals surface area contributed by atoms with Crippen molar-refractivity contribution in [2.45, 2.75) is 26.9 Å². The Hall–Kier alpha value is -2.60. The van der Waals surface area contributed by atoms with Gasteiger partial charge in [0, 0.05) is 51.0 Å². The summed E-state index contributed by atoms with van der Waals surface area (Å²) in [5, 5.41) is 6.80. The van der Waals surface area contributed by atoms with Gasteiger partial charge in [-0.25, -0.2) is 9.98 Å². The molecule has 28 heavy (non-hydrogen) atoms. The highest BCUT2D eigenvalue weighted by Crippen LogP contribution is 2.19. The van der Waals surface area contributed by atoms with E-state index in [-0.39, 0.29) is 0 Å². The molecule has 0 spiro atoms. The van der Waals surface area contributed by atoms with Gasteiger partial charge in [0.05, 0.1) is 6.54 Å². The van der Waals surface area contributed by atoms with Crippen LogP contribution in [0.4, 0.5) is 5.82 Å². The third-order valence-electron chi connectivity index (χ3n) is 5.13. The average molecular weight is 381 g/mol. The lowest BCUT2D eigenvalue weighted by atomic mass is 10.1. The molecule has 1 aliphatic rings. The molecule has 0 aliphatic carbocycles. The Balaban J connectivity index is 1.68. The van der Waals surface area contributed by atoms with E-state index in [0.717, 1.165) is 51.0 Å². The zero-order valence-electron chi connectivity index (χ0n) is 17.3. The second-order valence-corrected chi connectivity index (χ2v) is 7.25. The molecule has 2 aromatic rings. The van der Waals surface area contributed by atoms with Crippen LogP contribution in [0.25, 0.3) is 0 Å². The van der Waals surface area contributed by atoms with Gasteiger partial charge in [-0.3, -0.25) is 0 Å². The number of likely N-dealkylation sites (N-methyl/N-ethyl adjacent to an activating group) is 1. The van der Waals surface area contributed by atoms with Gasteiger partial charge in [0.15, 0.2) is 5.96 Å². The molecular formula is C22H32N6. The number of anilines is 1. The minimum absolute atomic E-state index is 0.610. The van der Waals surface area contributed by atoms with Crippen LogP contribution in [0.5, 0.6) is 0 Å². The van der Waals surface area contributed by atoms with Gasteiger partial charge in [0.1, 0.15) is 5.82 Å². The number of nitrogens with zero attached hydrogens (tertiary/aromatic N) is 4. The number of guanidine groups is 1. The molecule has 1 aliphatic heterocycles. The number of rotatable bonds is 6. The Morgan fingerprint density at radius 1 is 1.04 bits per heavy atom. The lowest BCUT2D eigenvalue weighted by molar-refractivity contribution is 0.312. The maximum Gasteiger partial charge on any atom is 0.191 e. The van der Waals surface area contributed by atoms with E-state index in [4.69, 9.17) is 4.99 Å². The quantitative estimate of drug-likeness (QED) is 0.595. The van der Waals surface area contributed by atoms with E-state index in [1.54, 1.807) is 0 Å². The molecule has 1 aromatic carbocycles. The summed E-state index contributed by atoms with van der Waals surface area (Å²) in [6.45, 7) is 10.6. The highest BCUT2D eigenvalue weighted by atomic mass is 15.3. The largest absolute Gasteiger partial charge is 0.357 e. The van der Waals surface area contributed by atoms with Crippen molar-refractivity contribution in [2.75, 3.05) is 44.7 Å². The summed E-state index contributed by atoms with van der Waals surface area (Å²) < 4.78 is 0. The number of piperazine rings is 1. The van der Waals surface area contributed by atoms with Gasteiger partial charge in [-0.2, -0.15) is 0 Å². The molecule has 0 unspecified atom stereocenters. The molecule has 1 fully saturated rings. The van der Waals surface area contributed by atoms with Gasteiger partial charge >= 0.3 is 0 Å². The molecule has 6 heteroatoms. The molecule has 150 valence electrons. The second kappa shape index (κ2) is 10.1.